The quantitative estimate of drug-likeness (QED) is 0.691. The zero-order valence-corrected chi connectivity index (χ0v) is 16.0. The molecule has 1 amide bonds. The third-order valence-corrected chi connectivity index (χ3v) is 5.05. The Kier molecular flexibility index (Phi) is 5.56. The number of nitrogens with one attached hydrogen (secondary N) is 1. The molecule has 0 radical (unpaired) electrons. The molecule has 0 bridgehead atoms. The van der Waals surface area contributed by atoms with Crippen molar-refractivity contribution in [3.8, 4) is 0 Å². The van der Waals surface area contributed by atoms with Gasteiger partial charge >= 0.3 is 5.97 Å². The number of thiazole rings is 1. The van der Waals surface area contributed by atoms with Crippen molar-refractivity contribution in [3.05, 3.63) is 84.8 Å². The molecular formula is C21H18N2O4S. The summed E-state index contributed by atoms with van der Waals surface area (Å²) in [7, 11) is 0. The van der Waals surface area contributed by atoms with Crippen molar-refractivity contribution < 1.29 is 14.7 Å². The van der Waals surface area contributed by atoms with Crippen molar-refractivity contribution >= 4 is 41.6 Å². The average molecular weight is 394 g/mol. The van der Waals surface area contributed by atoms with Crippen molar-refractivity contribution in [2.24, 2.45) is 0 Å². The summed E-state index contributed by atoms with van der Waals surface area (Å²) >= 11 is 1.18. The van der Waals surface area contributed by atoms with Gasteiger partial charge in [0, 0.05) is 5.69 Å². The monoisotopic (exact) mass is 394 g/mol. The molecule has 6 nitrogen and oxygen atoms in total. The standard InChI is InChI=1S/C21H18N2O4S/c1-13-3-9-17(10-4-13)22-19(24)12-23-14(2)28-18(20(23)25)11-15-5-7-16(8-6-15)21(26)27/h3-11H,2,12H2,1H3,(H,22,24)(H,26,27)/b18-11-. The van der Waals surface area contributed by atoms with Crippen LogP contribution in [0.4, 0.5) is 5.69 Å². The van der Waals surface area contributed by atoms with Crippen LogP contribution < -0.4 is 20.1 Å². The normalized spacial score (nSPS) is 11.4. The lowest BCUT2D eigenvalue weighted by Gasteiger charge is -2.06. The molecule has 3 aromatic rings. The van der Waals surface area contributed by atoms with E-state index in [1.54, 1.807) is 30.3 Å². The fraction of sp³-hybridized carbons (Fsp3) is 0.0952. The maximum Gasteiger partial charge on any atom is 0.335 e. The Labute approximate surface area is 164 Å². The van der Waals surface area contributed by atoms with E-state index in [1.807, 2.05) is 19.1 Å². The highest BCUT2D eigenvalue weighted by Gasteiger charge is 2.09. The summed E-state index contributed by atoms with van der Waals surface area (Å²) in [6.07, 6.45) is 1.65. The molecular weight excluding hydrogens is 376 g/mol. The van der Waals surface area contributed by atoms with Crippen LogP contribution in [0.3, 0.4) is 0 Å². The number of hydrogen-bond acceptors (Lipinski definition) is 4. The van der Waals surface area contributed by atoms with Gasteiger partial charge in [0.25, 0.3) is 5.56 Å². The van der Waals surface area contributed by atoms with Gasteiger partial charge in [0.05, 0.1) is 14.8 Å². The number of rotatable bonds is 5. The lowest BCUT2D eigenvalue weighted by molar-refractivity contribution is -0.116. The second-order valence-corrected chi connectivity index (χ2v) is 7.35. The van der Waals surface area contributed by atoms with Crippen LogP contribution >= 0.6 is 11.3 Å². The van der Waals surface area contributed by atoms with Crippen LogP contribution in [0, 0.1) is 6.92 Å². The maximum absolute atomic E-state index is 12.6. The largest absolute Gasteiger partial charge is 0.478 e. The number of carbonyl (C=O) groups is 2. The highest BCUT2D eigenvalue weighted by atomic mass is 32.1. The number of aromatic nitrogens is 1. The first-order valence-electron chi connectivity index (χ1n) is 8.43. The predicted molar refractivity (Wildman–Crippen MR) is 110 cm³/mol. The van der Waals surface area contributed by atoms with Crippen LogP contribution in [0.25, 0.3) is 12.7 Å². The second kappa shape index (κ2) is 8.06. The van der Waals surface area contributed by atoms with Crippen LogP contribution in [0.5, 0.6) is 0 Å². The van der Waals surface area contributed by atoms with E-state index in [1.165, 1.54) is 28.0 Å². The van der Waals surface area contributed by atoms with E-state index >= 15 is 0 Å². The van der Waals surface area contributed by atoms with Crippen molar-refractivity contribution in [1.29, 1.82) is 0 Å². The summed E-state index contributed by atoms with van der Waals surface area (Å²) in [5.41, 5.74) is 2.31. The Morgan fingerprint density at radius 3 is 2.39 bits per heavy atom. The van der Waals surface area contributed by atoms with E-state index in [-0.39, 0.29) is 23.6 Å². The van der Waals surface area contributed by atoms with E-state index in [0.29, 0.717) is 20.4 Å². The van der Waals surface area contributed by atoms with Crippen molar-refractivity contribution in [3.63, 3.8) is 0 Å². The zero-order valence-electron chi connectivity index (χ0n) is 15.1. The third-order valence-electron chi connectivity index (χ3n) is 4.08. The van der Waals surface area contributed by atoms with Crippen LogP contribution in [0.1, 0.15) is 21.5 Å². The average Bonchev–Trinajstić information content (AvgIpc) is 2.91. The van der Waals surface area contributed by atoms with Crippen molar-refractivity contribution in [2.45, 2.75) is 13.5 Å². The molecule has 0 atom stereocenters. The minimum atomic E-state index is -1.01. The van der Waals surface area contributed by atoms with Crippen LogP contribution in [-0.4, -0.2) is 21.6 Å². The Morgan fingerprint density at radius 2 is 1.79 bits per heavy atom. The molecule has 28 heavy (non-hydrogen) atoms. The van der Waals surface area contributed by atoms with Gasteiger partial charge in [-0.25, -0.2) is 4.79 Å². The fourth-order valence-electron chi connectivity index (χ4n) is 2.58. The topological polar surface area (TPSA) is 88.4 Å². The lowest BCUT2D eigenvalue weighted by atomic mass is 10.1. The number of aromatic carboxylic acids is 1. The number of benzene rings is 2. The third kappa shape index (κ3) is 4.44. The van der Waals surface area contributed by atoms with E-state index in [4.69, 9.17) is 5.11 Å². The summed E-state index contributed by atoms with van der Waals surface area (Å²) in [5.74, 6) is -1.32. The van der Waals surface area contributed by atoms with Gasteiger partial charge in [0.2, 0.25) is 5.91 Å². The molecule has 2 aromatic carbocycles. The van der Waals surface area contributed by atoms with Gasteiger partial charge in [-0.15, -0.1) is 11.3 Å². The number of aryl methyl sites for hydroxylation is 1. The molecule has 1 aromatic heterocycles. The molecule has 0 aliphatic carbocycles. The number of carboxylic acid groups (broad SMARTS) is 1. The minimum absolute atomic E-state index is 0.131. The molecule has 3 rings (SSSR count). The molecule has 0 spiro atoms. The predicted octanol–water partition coefficient (Wildman–Crippen LogP) is 1.79. The van der Waals surface area contributed by atoms with Gasteiger partial charge in [0.15, 0.2) is 0 Å². The van der Waals surface area contributed by atoms with E-state index in [9.17, 15) is 14.4 Å². The maximum atomic E-state index is 12.6. The summed E-state index contributed by atoms with van der Waals surface area (Å²) in [4.78, 5) is 35.8. The Morgan fingerprint density at radius 1 is 1.14 bits per heavy atom. The van der Waals surface area contributed by atoms with Crippen LogP contribution in [0.2, 0.25) is 0 Å². The Hall–Kier alpha value is -3.45. The van der Waals surface area contributed by atoms with E-state index < -0.39 is 5.97 Å². The Bertz CT molecular complexity index is 1190. The fourth-order valence-corrected chi connectivity index (χ4v) is 3.48. The van der Waals surface area contributed by atoms with E-state index in [2.05, 4.69) is 11.9 Å². The van der Waals surface area contributed by atoms with Crippen LogP contribution in [0.15, 0.2) is 53.3 Å². The van der Waals surface area contributed by atoms with Gasteiger partial charge in [-0.05, 0) is 42.8 Å². The first kappa shape index (κ1) is 19.3. The number of hydrogen-bond donors (Lipinski definition) is 2. The molecule has 0 aliphatic heterocycles. The van der Waals surface area contributed by atoms with Gasteiger partial charge in [0.1, 0.15) is 6.54 Å². The van der Waals surface area contributed by atoms with Crippen molar-refractivity contribution in [1.82, 2.24) is 4.57 Å². The number of anilines is 1. The summed E-state index contributed by atoms with van der Waals surface area (Å²) in [6.45, 7) is 5.68. The molecule has 0 fully saturated rings. The molecule has 0 unspecified atom stereocenters. The number of nitrogens with zero attached hydrogens (tertiary/aromatic N) is 1. The number of carbonyl (C=O) groups excluding carboxylic acids is 1. The van der Waals surface area contributed by atoms with Crippen molar-refractivity contribution in [2.75, 3.05) is 5.32 Å². The molecule has 2 N–H and O–H groups in total. The highest BCUT2D eigenvalue weighted by Crippen LogP contribution is 2.08. The van der Waals surface area contributed by atoms with Gasteiger partial charge in [-0.3, -0.25) is 14.2 Å². The SMILES string of the molecule is C=c1s/c(=C\c2ccc(C(=O)O)cc2)c(=O)n1CC(=O)Nc1ccc(C)cc1. The zero-order chi connectivity index (χ0) is 20.3. The first-order valence-corrected chi connectivity index (χ1v) is 9.25. The lowest BCUT2D eigenvalue weighted by Crippen LogP contribution is -2.35. The van der Waals surface area contributed by atoms with Crippen LogP contribution in [-0.2, 0) is 11.3 Å². The molecule has 0 saturated heterocycles. The summed E-state index contributed by atoms with van der Waals surface area (Å²) < 4.78 is 2.22. The smallest absolute Gasteiger partial charge is 0.335 e. The van der Waals surface area contributed by atoms with Gasteiger partial charge < -0.3 is 10.4 Å². The van der Waals surface area contributed by atoms with Gasteiger partial charge in [-0.1, -0.05) is 36.4 Å². The molecule has 142 valence electrons. The minimum Gasteiger partial charge on any atom is -0.478 e. The van der Waals surface area contributed by atoms with E-state index in [0.717, 1.165) is 5.56 Å². The first-order chi connectivity index (χ1) is 13.3. The molecule has 0 aliphatic rings. The summed E-state index contributed by atoms with van der Waals surface area (Å²) in [5, 5.41) is 11.7. The number of amides is 1. The van der Waals surface area contributed by atoms with Gasteiger partial charge in [-0.2, -0.15) is 0 Å². The Balaban J connectivity index is 1.82. The second-order valence-electron chi connectivity index (χ2n) is 6.24. The molecule has 7 heteroatoms. The highest BCUT2D eigenvalue weighted by molar-refractivity contribution is 7.07. The number of carboxylic acids is 1. The summed E-state index contributed by atoms with van der Waals surface area (Å²) in [6, 6.07) is 13.6. The molecule has 0 saturated carbocycles. The molecule has 1 heterocycles.